The third-order valence-electron chi connectivity index (χ3n) is 2.52. The minimum atomic E-state index is 0.0277. The first-order valence-corrected chi connectivity index (χ1v) is 5.46. The molecule has 1 N–H and O–H groups in total. The van der Waals surface area contributed by atoms with Crippen molar-refractivity contribution in [3.05, 3.63) is 36.4 Å². The van der Waals surface area contributed by atoms with E-state index in [4.69, 9.17) is 0 Å². The highest BCUT2D eigenvalue weighted by atomic mass is 16.2. The summed E-state index contributed by atoms with van der Waals surface area (Å²) in [6.45, 7) is 0.262. The van der Waals surface area contributed by atoms with Crippen LogP contribution in [0.15, 0.2) is 36.4 Å². The highest BCUT2D eigenvalue weighted by Gasteiger charge is 2.03. The van der Waals surface area contributed by atoms with E-state index in [0.29, 0.717) is 0 Å². The molecule has 2 rings (SSSR count). The van der Waals surface area contributed by atoms with Crippen LogP contribution in [-0.2, 0) is 4.79 Å². The molecule has 2 aromatic rings. The number of fused-ring (bicyclic) bond motifs is 1. The molecule has 0 atom stereocenters. The molecule has 1 amide bonds. The fourth-order valence-corrected chi connectivity index (χ4v) is 1.49. The van der Waals surface area contributed by atoms with Gasteiger partial charge in [-0.15, -0.1) is 0 Å². The molecule has 0 bridgehead atoms. The molecule has 17 heavy (non-hydrogen) atoms. The molecule has 4 nitrogen and oxygen atoms in total. The maximum Gasteiger partial charge on any atom is 0.241 e. The van der Waals surface area contributed by atoms with E-state index in [-0.39, 0.29) is 12.5 Å². The molecule has 0 saturated heterocycles. The predicted molar refractivity (Wildman–Crippen MR) is 68.9 cm³/mol. The second kappa shape index (κ2) is 4.82. The van der Waals surface area contributed by atoms with Crippen LogP contribution < -0.4 is 5.32 Å². The van der Waals surface area contributed by atoms with Gasteiger partial charge < -0.3 is 10.2 Å². The van der Waals surface area contributed by atoms with Crippen LogP contribution in [-0.4, -0.2) is 36.4 Å². The minimum absolute atomic E-state index is 0.0277. The van der Waals surface area contributed by atoms with Gasteiger partial charge in [0.15, 0.2) is 0 Å². The number of nitrogens with one attached hydrogen (secondary N) is 1. The van der Waals surface area contributed by atoms with E-state index in [2.05, 4.69) is 10.3 Å². The smallest absolute Gasteiger partial charge is 0.241 e. The Morgan fingerprint density at radius 2 is 2.00 bits per heavy atom. The molecule has 0 radical (unpaired) electrons. The van der Waals surface area contributed by atoms with Gasteiger partial charge >= 0.3 is 0 Å². The van der Waals surface area contributed by atoms with Gasteiger partial charge in [0.2, 0.25) is 5.91 Å². The lowest BCUT2D eigenvalue weighted by molar-refractivity contribution is -0.126. The summed E-state index contributed by atoms with van der Waals surface area (Å²) >= 11 is 0. The lowest BCUT2D eigenvalue weighted by atomic mass is 10.2. The molecule has 1 heterocycles. The van der Waals surface area contributed by atoms with Gasteiger partial charge in [-0.05, 0) is 18.2 Å². The Labute approximate surface area is 100 Å². The maximum atomic E-state index is 11.4. The number of carbonyl (C=O) groups is 1. The Balaban J connectivity index is 2.12. The first-order valence-electron chi connectivity index (χ1n) is 5.46. The number of para-hydroxylation sites is 1. The van der Waals surface area contributed by atoms with E-state index in [9.17, 15) is 4.79 Å². The highest BCUT2D eigenvalue weighted by molar-refractivity contribution is 5.82. The molecule has 0 spiro atoms. The maximum absolute atomic E-state index is 11.4. The van der Waals surface area contributed by atoms with Crippen molar-refractivity contribution in [3.63, 3.8) is 0 Å². The number of hydrogen-bond acceptors (Lipinski definition) is 3. The molecule has 1 aromatic heterocycles. The number of amides is 1. The van der Waals surface area contributed by atoms with E-state index in [1.54, 1.807) is 19.0 Å². The first kappa shape index (κ1) is 11.4. The van der Waals surface area contributed by atoms with Crippen LogP contribution >= 0.6 is 0 Å². The summed E-state index contributed by atoms with van der Waals surface area (Å²) < 4.78 is 0. The Bertz CT molecular complexity index is 537. The van der Waals surface area contributed by atoms with Gasteiger partial charge in [-0.3, -0.25) is 4.79 Å². The summed E-state index contributed by atoms with van der Waals surface area (Å²) in [7, 11) is 3.47. The van der Waals surface area contributed by atoms with E-state index in [1.165, 1.54) is 0 Å². The van der Waals surface area contributed by atoms with Crippen LogP contribution in [0.4, 0.5) is 5.82 Å². The Morgan fingerprint density at radius 3 is 2.76 bits per heavy atom. The summed E-state index contributed by atoms with van der Waals surface area (Å²) in [5.41, 5.74) is 0.926. The number of carbonyl (C=O) groups excluding carboxylic acids is 1. The van der Waals surface area contributed by atoms with Crippen LogP contribution in [0.1, 0.15) is 0 Å². The minimum Gasteiger partial charge on any atom is -0.361 e. The van der Waals surface area contributed by atoms with Gasteiger partial charge in [0, 0.05) is 19.5 Å². The van der Waals surface area contributed by atoms with E-state index >= 15 is 0 Å². The number of hydrogen-bond donors (Lipinski definition) is 1. The molecule has 1 aromatic carbocycles. The standard InChI is InChI=1S/C13H15N3O/c1-16(2)13(17)9-14-12-8-7-10-5-3-4-6-11(10)15-12/h3-8H,9H2,1-2H3,(H,14,15). The number of likely N-dealkylation sites (N-methyl/N-ethyl adjacent to an activating group) is 1. The van der Waals surface area contributed by atoms with Crippen LogP contribution in [0, 0.1) is 0 Å². The zero-order valence-corrected chi connectivity index (χ0v) is 9.97. The number of aromatic nitrogens is 1. The average molecular weight is 229 g/mol. The summed E-state index contributed by atoms with van der Waals surface area (Å²) in [5.74, 6) is 0.749. The van der Waals surface area contributed by atoms with E-state index in [0.717, 1.165) is 16.7 Å². The first-order chi connectivity index (χ1) is 8.16. The van der Waals surface area contributed by atoms with Crippen molar-refractivity contribution in [1.82, 2.24) is 9.88 Å². The molecule has 4 heteroatoms. The van der Waals surface area contributed by atoms with Crippen molar-refractivity contribution in [2.45, 2.75) is 0 Å². The van der Waals surface area contributed by atoms with Gasteiger partial charge in [0.25, 0.3) is 0 Å². The lowest BCUT2D eigenvalue weighted by Gasteiger charge is -2.11. The fraction of sp³-hybridized carbons (Fsp3) is 0.231. The average Bonchev–Trinajstić information content (AvgIpc) is 2.35. The van der Waals surface area contributed by atoms with Crippen molar-refractivity contribution >= 4 is 22.6 Å². The third kappa shape index (κ3) is 2.72. The number of anilines is 1. The van der Waals surface area contributed by atoms with Crippen molar-refractivity contribution in [2.24, 2.45) is 0 Å². The second-order valence-electron chi connectivity index (χ2n) is 4.03. The monoisotopic (exact) mass is 229 g/mol. The van der Waals surface area contributed by atoms with Crippen molar-refractivity contribution in [3.8, 4) is 0 Å². The zero-order chi connectivity index (χ0) is 12.3. The Morgan fingerprint density at radius 1 is 1.24 bits per heavy atom. The van der Waals surface area contributed by atoms with Gasteiger partial charge in [0.05, 0.1) is 12.1 Å². The Kier molecular flexibility index (Phi) is 3.23. The third-order valence-corrected chi connectivity index (χ3v) is 2.52. The number of benzene rings is 1. The second-order valence-corrected chi connectivity index (χ2v) is 4.03. The molecule has 0 fully saturated rings. The molecule has 88 valence electrons. The summed E-state index contributed by atoms with van der Waals surface area (Å²) in [6.07, 6.45) is 0. The van der Waals surface area contributed by atoms with Crippen LogP contribution in [0.2, 0.25) is 0 Å². The predicted octanol–water partition coefficient (Wildman–Crippen LogP) is 1.73. The van der Waals surface area contributed by atoms with Crippen molar-refractivity contribution in [1.29, 1.82) is 0 Å². The molecule has 0 aliphatic rings. The summed E-state index contributed by atoms with van der Waals surface area (Å²) in [5, 5.41) is 4.11. The molecular weight excluding hydrogens is 214 g/mol. The normalized spacial score (nSPS) is 10.2. The van der Waals surface area contributed by atoms with Gasteiger partial charge in [-0.25, -0.2) is 4.98 Å². The number of pyridine rings is 1. The van der Waals surface area contributed by atoms with E-state index in [1.807, 2.05) is 36.4 Å². The molecular formula is C13H15N3O. The summed E-state index contributed by atoms with van der Waals surface area (Å²) in [6, 6.07) is 11.8. The van der Waals surface area contributed by atoms with E-state index < -0.39 is 0 Å². The molecule has 0 aliphatic heterocycles. The Hall–Kier alpha value is -2.10. The van der Waals surface area contributed by atoms with Gasteiger partial charge in [-0.2, -0.15) is 0 Å². The molecule has 0 aliphatic carbocycles. The molecule has 0 saturated carbocycles. The zero-order valence-electron chi connectivity index (χ0n) is 9.97. The van der Waals surface area contributed by atoms with Crippen molar-refractivity contribution in [2.75, 3.05) is 26.0 Å². The topological polar surface area (TPSA) is 45.2 Å². The quantitative estimate of drug-likeness (QED) is 0.871. The summed E-state index contributed by atoms with van der Waals surface area (Å²) in [4.78, 5) is 17.4. The number of nitrogens with zero attached hydrogens (tertiary/aromatic N) is 2. The van der Waals surface area contributed by atoms with Crippen molar-refractivity contribution < 1.29 is 4.79 Å². The highest BCUT2D eigenvalue weighted by Crippen LogP contribution is 2.14. The number of rotatable bonds is 3. The SMILES string of the molecule is CN(C)C(=O)CNc1ccc2ccccc2n1. The lowest BCUT2D eigenvalue weighted by Crippen LogP contribution is -2.28. The molecule has 0 unspecified atom stereocenters. The van der Waals surface area contributed by atoms with Gasteiger partial charge in [0.1, 0.15) is 5.82 Å². The fourth-order valence-electron chi connectivity index (χ4n) is 1.49. The van der Waals surface area contributed by atoms with Gasteiger partial charge in [-0.1, -0.05) is 18.2 Å². The van der Waals surface area contributed by atoms with Crippen LogP contribution in [0.5, 0.6) is 0 Å². The van der Waals surface area contributed by atoms with Crippen LogP contribution in [0.25, 0.3) is 10.9 Å². The largest absolute Gasteiger partial charge is 0.361 e. The van der Waals surface area contributed by atoms with Crippen LogP contribution in [0.3, 0.4) is 0 Å².